The minimum absolute atomic E-state index is 0.0756. The summed E-state index contributed by atoms with van der Waals surface area (Å²) in [6.07, 6.45) is 79.0. The normalized spacial score (nSPS) is 12.5. The molecular weight excluding hydrogens is 901 g/mol. The highest BCUT2D eigenvalue weighted by Crippen LogP contribution is 2.16. The summed E-state index contributed by atoms with van der Waals surface area (Å²) in [5.74, 6) is -0.871. The van der Waals surface area contributed by atoms with Gasteiger partial charge in [0.15, 0.2) is 6.10 Å². The third-order valence-corrected chi connectivity index (χ3v) is 13.7. The Kier molecular flexibility index (Phi) is 58.7. The standard InChI is InChI=1S/C67H118O6/c1-4-7-10-13-16-19-22-25-27-29-31-32-33-34-35-36-37-39-40-42-45-48-51-54-57-60-66(69)72-63-64(62-71-65(68)59-56-53-50-47-44-24-21-18-15-12-9-6-3)73-67(70)61-58-55-52-49-46-43-41-38-30-28-26-23-20-17-14-11-8-5-2/h7,10,16,19-20,23,25,27-28,30-32,64H,4-6,8-9,11-15,17-18,21-22,24,26,29,33-63H2,1-3H3/b10-7-,19-16-,23-20-,27-25-,30-28-,32-31-. The molecule has 0 aromatic heterocycles. The molecule has 0 saturated carbocycles. The molecule has 0 N–H and O–H groups in total. The van der Waals surface area contributed by atoms with Crippen molar-refractivity contribution in [1.82, 2.24) is 0 Å². The number of carbonyl (C=O) groups is 3. The molecule has 0 radical (unpaired) electrons. The molecule has 0 aliphatic rings. The topological polar surface area (TPSA) is 78.9 Å². The zero-order valence-electron chi connectivity index (χ0n) is 48.4. The van der Waals surface area contributed by atoms with E-state index < -0.39 is 6.10 Å². The molecule has 6 heteroatoms. The Morgan fingerprint density at radius 1 is 0.288 bits per heavy atom. The van der Waals surface area contributed by atoms with Crippen molar-refractivity contribution in [2.75, 3.05) is 13.2 Å². The monoisotopic (exact) mass is 1020 g/mol. The van der Waals surface area contributed by atoms with E-state index in [1.807, 2.05) is 0 Å². The Morgan fingerprint density at radius 3 is 0.849 bits per heavy atom. The van der Waals surface area contributed by atoms with E-state index in [0.29, 0.717) is 19.3 Å². The fraction of sp³-hybridized carbons (Fsp3) is 0.776. The second kappa shape index (κ2) is 61.4. The Balaban J connectivity index is 4.28. The van der Waals surface area contributed by atoms with E-state index in [1.54, 1.807) is 0 Å². The van der Waals surface area contributed by atoms with Gasteiger partial charge in [-0.3, -0.25) is 14.4 Å². The first kappa shape index (κ1) is 69.8. The van der Waals surface area contributed by atoms with Crippen molar-refractivity contribution in [3.8, 4) is 0 Å². The summed E-state index contributed by atoms with van der Waals surface area (Å²) in [4.78, 5) is 38.3. The van der Waals surface area contributed by atoms with Crippen molar-refractivity contribution >= 4 is 17.9 Å². The minimum Gasteiger partial charge on any atom is -0.462 e. The summed E-state index contributed by atoms with van der Waals surface area (Å²) in [7, 11) is 0. The van der Waals surface area contributed by atoms with Gasteiger partial charge in [-0.05, 0) is 89.9 Å². The maximum atomic E-state index is 12.9. The minimum atomic E-state index is -0.779. The lowest BCUT2D eigenvalue weighted by Gasteiger charge is -2.18. The first-order chi connectivity index (χ1) is 36.0. The van der Waals surface area contributed by atoms with Crippen LogP contribution in [0, 0.1) is 0 Å². The van der Waals surface area contributed by atoms with E-state index in [-0.39, 0.29) is 31.1 Å². The van der Waals surface area contributed by atoms with Gasteiger partial charge in [-0.25, -0.2) is 0 Å². The van der Waals surface area contributed by atoms with Gasteiger partial charge in [0, 0.05) is 19.3 Å². The molecule has 1 unspecified atom stereocenters. The number of allylic oxidation sites excluding steroid dienone is 12. The third kappa shape index (κ3) is 59.6. The van der Waals surface area contributed by atoms with Gasteiger partial charge >= 0.3 is 17.9 Å². The molecule has 0 bridgehead atoms. The Labute approximate surface area is 453 Å². The van der Waals surface area contributed by atoms with Crippen molar-refractivity contribution in [1.29, 1.82) is 0 Å². The molecule has 0 spiro atoms. The predicted molar refractivity (Wildman–Crippen MR) is 316 cm³/mol. The summed E-state index contributed by atoms with van der Waals surface area (Å²) in [6, 6.07) is 0. The van der Waals surface area contributed by atoms with Crippen LogP contribution in [0.15, 0.2) is 72.9 Å². The van der Waals surface area contributed by atoms with Crippen molar-refractivity contribution in [2.24, 2.45) is 0 Å². The third-order valence-electron chi connectivity index (χ3n) is 13.7. The highest BCUT2D eigenvalue weighted by Gasteiger charge is 2.19. The van der Waals surface area contributed by atoms with Gasteiger partial charge in [-0.1, -0.05) is 280 Å². The fourth-order valence-corrected chi connectivity index (χ4v) is 9.00. The molecule has 0 aliphatic carbocycles. The van der Waals surface area contributed by atoms with E-state index in [9.17, 15) is 14.4 Å². The second-order valence-electron chi connectivity index (χ2n) is 20.9. The van der Waals surface area contributed by atoms with Crippen LogP contribution in [0.3, 0.4) is 0 Å². The SMILES string of the molecule is CC/C=C\C/C=C\C/C=C\C/C=C\CCCCCCCCCCCCCCC(=O)OCC(COC(=O)CCCCCCCCCCCCCC)OC(=O)CCCCCCCCC/C=C\C/C=C\CCCCCC. The average molecular weight is 1020 g/mol. The summed E-state index contributed by atoms with van der Waals surface area (Å²) in [5, 5.41) is 0. The molecule has 1 atom stereocenters. The molecule has 0 fully saturated rings. The highest BCUT2D eigenvalue weighted by atomic mass is 16.6. The van der Waals surface area contributed by atoms with Gasteiger partial charge in [0.2, 0.25) is 0 Å². The summed E-state index contributed by atoms with van der Waals surface area (Å²) in [5.41, 5.74) is 0. The fourth-order valence-electron chi connectivity index (χ4n) is 9.00. The van der Waals surface area contributed by atoms with Crippen molar-refractivity contribution in [2.45, 2.75) is 322 Å². The number of hydrogen-bond donors (Lipinski definition) is 0. The van der Waals surface area contributed by atoms with Gasteiger partial charge in [0.1, 0.15) is 13.2 Å². The Hall–Kier alpha value is -3.15. The van der Waals surface area contributed by atoms with E-state index in [1.165, 1.54) is 180 Å². The van der Waals surface area contributed by atoms with E-state index in [0.717, 1.165) is 96.3 Å². The van der Waals surface area contributed by atoms with Crippen LogP contribution in [-0.4, -0.2) is 37.2 Å². The van der Waals surface area contributed by atoms with Gasteiger partial charge in [-0.15, -0.1) is 0 Å². The molecule has 0 aromatic rings. The summed E-state index contributed by atoms with van der Waals surface area (Å²) in [6.45, 7) is 6.53. The largest absolute Gasteiger partial charge is 0.462 e. The molecular formula is C67H118O6. The zero-order chi connectivity index (χ0) is 52.9. The first-order valence-electron chi connectivity index (χ1n) is 31.4. The average Bonchev–Trinajstić information content (AvgIpc) is 3.39. The van der Waals surface area contributed by atoms with Crippen molar-refractivity contribution in [3.63, 3.8) is 0 Å². The van der Waals surface area contributed by atoms with Crippen LogP contribution in [-0.2, 0) is 28.6 Å². The van der Waals surface area contributed by atoms with Crippen molar-refractivity contribution in [3.05, 3.63) is 72.9 Å². The van der Waals surface area contributed by atoms with Gasteiger partial charge in [-0.2, -0.15) is 0 Å². The molecule has 73 heavy (non-hydrogen) atoms. The lowest BCUT2D eigenvalue weighted by molar-refractivity contribution is -0.167. The number of carbonyl (C=O) groups excluding carboxylic acids is 3. The van der Waals surface area contributed by atoms with Crippen LogP contribution < -0.4 is 0 Å². The zero-order valence-corrected chi connectivity index (χ0v) is 48.4. The lowest BCUT2D eigenvalue weighted by Crippen LogP contribution is -2.30. The first-order valence-corrected chi connectivity index (χ1v) is 31.4. The Morgan fingerprint density at radius 2 is 0.534 bits per heavy atom. The molecule has 0 heterocycles. The molecule has 0 rings (SSSR count). The number of unbranched alkanes of at least 4 members (excludes halogenated alkanes) is 34. The maximum absolute atomic E-state index is 12.9. The smallest absolute Gasteiger partial charge is 0.306 e. The van der Waals surface area contributed by atoms with Gasteiger partial charge < -0.3 is 14.2 Å². The molecule has 0 aliphatic heterocycles. The molecule has 0 saturated heterocycles. The molecule has 422 valence electrons. The highest BCUT2D eigenvalue weighted by molar-refractivity contribution is 5.71. The number of rotatable bonds is 57. The lowest BCUT2D eigenvalue weighted by atomic mass is 10.0. The van der Waals surface area contributed by atoms with E-state index in [4.69, 9.17) is 14.2 Å². The number of ether oxygens (including phenoxy) is 3. The number of esters is 3. The van der Waals surface area contributed by atoms with E-state index in [2.05, 4.69) is 93.7 Å². The van der Waals surface area contributed by atoms with Crippen LogP contribution in [0.4, 0.5) is 0 Å². The van der Waals surface area contributed by atoms with Crippen LogP contribution in [0.1, 0.15) is 316 Å². The number of hydrogen-bond acceptors (Lipinski definition) is 6. The maximum Gasteiger partial charge on any atom is 0.306 e. The molecule has 6 nitrogen and oxygen atoms in total. The van der Waals surface area contributed by atoms with Crippen LogP contribution in [0.2, 0.25) is 0 Å². The summed E-state index contributed by atoms with van der Waals surface area (Å²) >= 11 is 0. The molecule has 0 aromatic carbocycles. The van der Waals surface area contributed by atoms with Crippen LogP contribution >= 0.6 is 0 Å². The second-order valence-corrected chi connectivity index (χ2v) is 20.9. The van der Waals surface area contributed by atoms with Crippen LogP contribution in [0.25, 0.3) is 0 Å². The predicted octanol–water partition coefficient (Wildman–Crippen LogP) is 21.3. The van der Waals surface area contributed by atoms with Gasteiger partial charge in [0.25, 0.3) is 0 Å². The Bertz CT molecular complexity index is 1360. The van der Waals surface area contributed by atoms with E-state index >= 15 is 0 Å². The summed E-state index contributed by atoms with van der Waals surface area (Å²) < 4.78 is 16.9. The quantitative estimate of drug-likeness (QED) is 0.0261. The van der Waals surface area contributed by atoms with Crippen molar-refractivity contribution < 1.29 is 28.6 Å². The van der Waals surface area contributed by atoms with Crippen LogP contribution in [0.5, 0.6) is 0 Å². The van der Waals surface area contributed by atoms with Gasteiger partial charge in [0.05, 0.1) is 0 Å². The molecule has 0 amide bonds.